The lowest BCUT2D eigenvalue weighted by Crippen LogP contribution is -2.41. The highest BCUT2D eigenvalue weighted by atomic mass is 35.5. The van der Waals surface area contributed by atoms with Crippen LogP contribution in [0.15, 0.2) is 6.08 Å². The van der Waals surface area contributed by atoms with E-state index in [4.69, 9.17) is 16.3 Å². The van der Waals surface area contributed by atoms with Crippen LogP contribution in [0.25, 0.3) is 6.08 Å². The molecule has 1 heterocycles. The number of amides is 1. The van der Waals surface area contributed by atoms with Crippen LogP contribution in [0.5, 0.6) is 0 Å². The van der Waals surface area contributed by atoms with Gasteiger partial charge in [0, 0.05) is 18.2 Å². The molecule has 1 rings (SSSR count). The molecule has 0 spiro atoms. The Morgan fingerprint density at radius 2 is 1.92 bits per heavy atom. The predicted octanol–water partition coefficient (Wildman–Crippen LogP) is 3.22. The van der Waals surface area contributed by atoms with Gasteiger partial charge in [-0.3, -0.25) is 9.48 Å². The maximum atomic E-state index is 12.2. The Labute approximate surface area is 154 Å². The smallest absolute Gasteiger partial charge is 0.328 e. The summed E-state index contributed by atoms with van der Waals surface area (Å²) < 4.78 is 6.47. The molecule has 1 N–H and O–H groups in total. The normalized spacial score (nSPS) is 12.8. The molecule has 0 saturated carbocycles. The van der Waals surface area contributed by atoms with Crippen LogP contribution in [-0.2, 0) is 20.9 Å². The summed E-state index contributed by atoms with van der Waals surface area (Å²) >= 11 is 6.35. The number of ether oxygens (including phenoxy) is 1. The predicted molar refractivity (Wildman–Crippen MR) is 99.2 cm³/mol. The minimum Gasteiger partial charge on any atom is -0.467 e. The number of nitrogens with one attached hydrogen (secondary N) is 1. The van der Waals surface area contributed by atoms with Crippen molar-refractivity contribution < 1.29 is 14.3 Å². The fourth-order valence-corrected chi connectivity index (χ4v) is 2.74. The van der Waals surface area contributed by atoms with Gasteiger partial charge in [-0.05, 0) is 31.3 Å². The van der Waals surface area contributed by atoms with Crippen LogP contribution in [0.1, 0.15) is 45.4 Å². The molecule has 0 radical (unpaired) electrons. The van der Waals surface area contributed by atoms with Gasteiger partial charge in [0.1, 0.15) is 11.2 Å². The lowest BCUT2D eigenvalue weighted by atomic mass is 10.0. The first-order valence-electron chi connectivity index (χ1n) is 8.45. The highest BCUT2D eigenvalue weighted by Gasteiger charge is 2.21. The number of aromatic nitrogens is 2. The molecule has 6 nitrogen and oxygen atoms in total. The van der Waals surface area contributed by atoms with E-state index in [0.717, 1.165) is 5.69 Å². The summed E-state index contributed by atoms with van der Waals surface area (Å²) in [6, 6.07) is -0.664. The number of halogens is 1. The van der Waals surface area contributed by atoms with Crippen LogP contribution in [0.3, 0.4) is 0 Å². The van der Waals surface area contributed by atoms with Crippen LogP contribution in [0.2, 0.25) is 5.15 Å². The zero-order valence-corrected chi connectivity index (χ0v) is 16.6. The van der Waals surface area contributed by atoms with Crippen molar-refractivity contribution >= 4 is 29.6 Å². The summed E-state index contributed by atoms with van der Waals surface area (Å²) in [5.41, 5.74) is 1.46. The Bertz CT molecular complexity index is 636. The molecule has 0 bridgehead atoms. The maximum Gasteiger partial charge on any atom is 0.328 e. The Hall–Kier alpha value is -1.82. The Kier molecular flexibility index (Phi) is 8.16. The molecule has 0 saturated heterocycles. The van der Waals surface area contributed by atoms with Gasteiger partial charge in [-0.1, -0.05) is 39.3 Å². The van der Waals surface area contributed by atoms with Gasteiger partial charge in [0.25, 0.3) is 0 Å². The van der Waals surface area contributed by atoms with E-state index >= 15 is 0 Å². The Morgan fingerprint density at radius 3 is 2.44 bits per heavy atom. The van der Waals surface area contributed by atoms with E-state index in [1.165, 1.54) is 13.2 Å². The highest BCUT2D eigenvalue weighted by molar-refractivity contribution is 6.31. The average molecular weight is 370 g/mol. The van der Waals surface area contributed by atoms with E-state index in [9.17, 15) is 9.59 Å². The van der Waals surface area contributed by atoms with Crippen LogP contribution in [-0.4, -0.2) is 34.8 Å². The number of rotatable bonds is 8. The largest absolute Gasteiger partial charge is 0.467 e. The molecule has 1 amide bonds. The topological polar surface area (TPSA) is 73.2 Å². The molecular weight excluding hydrogens is 342 g/mol. The maximum absolute atomic E-state index is 12.2. The van der Waals surface area contributed by atoms with Crippen molar-refractivity contribution in [3.05, 3.63) is 22.5 Å². The fraction of sp³-hybridized carbons (Fsp3) is 0.611. The van der Waals surface area contributed by atoms with Crippen LogP contribution in [0.4, 0.5) is 0 Å². The molecule has 1 aromatic rings. The second-order valence-corrected chi connectivity index (χ2v) is 7.27. The quantitative estimate of drug-likeness (QED) is 0.564. The van der Waals surface area contributed by atoms with E-state index in [0.29, 0.717) is 29.6 Å². The van der Waals surface area contributed by atoms with Crippen molar-refractivity contribution in [2.24, 2.45) is 11.8 Å². The fourth-order valence-electron chi connectivity index (χ4n) is 2.43. The molecule has 0 aromatic carbocycles. The standard InChI is InChI=1S/C18H28ClN3O3/c1-11(2)9-15(18(24)25-6)20-16(23)8-7-14-13(5)21-22(17(14)19)10-12(3)4/h7-8,11-12,15H,9-10H2,1-6H3,(H,20,23)/b8-7+. The monoisotopic (exact) mass is 369 g/mol. The molecule has 1 aromatic heterocycles. The number of aryl methyl sites for hydroxylation is 1. The zero-order valence-electron chi connectivity index (χ0n) is 15.8. The number of carbonyl (C=O) groups is 2. The SMILES string of the molecule is COC(=O)C(CC(C)C)NC(=O)/C=C/c1c(C)nn(CC(C)C)c1Cl. The van der Waals surface area contributed by atoms with Crippen molar-refractivity contribution in [2.75, 3.05) is 7.11 Å². The molecule has 0 aliphatic heterocycles. The average Bonchev–Trinajstić information content (AvgIpc) is 2.76. The number of hydrogen-bond donors (Lipinski definition) is 1. The zero-order chi connectivity index (χ0) is 19.1. The first-order valence-corrected chi connectivity index (χ1v) is 8.82. The van der Waals surface area contributed by atoms with Crippen molar-refractivity contribution in [3.8, 4) is 0 Å². The lowest BCUT2D eigenvalue weighted by Gasteiger charge is -2.17. The summed E-state index contributed by atoms with van der Waals surface area (Å²) in [6.07, 6.45) is 3.50. The van der Waals surface area contributed by atoms with Crippen molar-refractivity contribution in [1.29, 1.82) is 0 Å². The number of carbonyl (C=O) groups excluding carboxylic acids is 2. The molecular formula is C18H28ClN3O3. The summed E-state index contributed by atoms with van der Waals surface area (Å²) in [4.78, 5) is 23.9. The van der Waals surface area contributed by atoms with E-state index in [-0.39, 0.29) is 11.8 Å². The molecule has 0 aliphatic rings. The van der Waals surface area contributed by atoms with Gasteiger partial charge in [-0.2, -0.15) is 5.10 Å². The minimum absolute atomic E-state index is 0.249. The van der Waals surface area contributed by atoms with E-state index < -0.39 is 12.0 Å². The molecule has 140 valence electrons. The minimum atomic E-state index is -0.664. The number of methoxy groups -OCH3 is 1. The van der Waals surface area contributed by atoms with Crippen LogP contribution in [0, 0.1) is 18.8 Å². The van der Waals surface area contributed by atoms with Crippen molar-refractivity contribution in [1.82, 2.24) is 15.1 Å². The molecule has 7 heteroatoms. The van der Waals surface area contributed by atoms with Gasteiger partial charge in [-0.15, -0.1) is 0 Å². The molecule has 0 aliphatic carbocycles. The van der Waals surface area contributed by atoms with Gasteiger partial charge in [0.05, 0.1) is 12.8 Å². The summed E-state index contributed by atoms with van der Waals surface area (Å²) in [7, 11) is 1.31. The van der Waals surface area contributed by atoms with Gasteiger partial charge < -0.3 is 10.1 Å². The van der Waals surface area contributed by atoms with Crippen LogP contribution >= 0.6 is 11.6 Å². The highest BCUT2D eigenvalue weighted by Crippen LogP contribution is 2.22. The van der Waals surface area contributed by atoms with Gasteiger partial charge in [0.15, 0.2) is 0 Å². The van der Waals surface area contributed by atoms with Gasteiger partial charge in [-0.25, -0.2) is 4.79 Å². The van der Waals surface area contributed by atoms with Crippen molar-refractivity contribution in [3.63, 3.8) is 0 Å². The summed E-state index contributed by atoms with van der Waals surface area (Å²) in [5.74, 6) is -0.161. The molecule has 25 heavy (non-hydrogen) atoms. The number of hydrogen-bond acceptors (Lipinski definition) is 4. The molecule has 0 fully saturated rings. The van der Waals surface area contributed by atoms with Gasteiger partial charge in [0.2, 0.25) is 5.91 Å². The Morgan fingerprint density at radius 1 is 1.28 bits per heavy atom. The summed E-state index contributed by atoms with van der Waals surface area (Å²) in [6.45, 7) is 10.7. The number of esters is 1. The Balaban J connectivity index is 2.85. The first-order chi connectivity index (χ1) is 11.6. The van der Waals surface area contributed by atoms with Gasteiger partial charge >= 0.3 is 5.97 Å². The summed E-state index contributed by atoms with van der Waals surface area (Å²) in [5, 5.41) is 7.58. The first kappa shape index (κ1) is 21.2. The molecule has 1 atom stereocenters. The van der Waals surface area contributed by atoms with Crippen molar-refractivity contribution in [2.45, 2.75) is 53.6 Å². The lowest BCUT2D eigenvalue weighted by molar-refractivity contribution is -0.145. The van der Waals surface area contributed by atoms with E-state index in [1.807, 2.05) is 20.8 Å². The van der Waals surface area contributed by atoms with E-state index in [1.54, 1.807) is 10.8 Å². The third-order valence-corrected chi connectivity index (χ3v) is 3.96. The van der Waals surface area contributed by atoms with Crippen LogP contribution < -0.4 is 5.32 Å². The second-order valence-electron chi connectivity index (χ2n) is 6.91. The third kappa shape index (κ3) is 6.53. The molecule has 1 unspecified atom stereocenters. The third-order valence-electron chi connectivity index (χ3n) is 3.56. The second kappa shape index (κ2) is 9.61. The van der Waals surface area contributed by atoms with E-state index in [2.05, 4.69) is 24.3 Å². The number of nitrogens with zero attached hydrogens (tertiary/aromatic N) is 2.